The zero-order valence-corrected chi connectivity index (χ0v) is 15.0. The van der Waals surface area contributed by atoms with Crippen LogP contribution < -0.4 is 15.8 Å². The van der Waals surface area contributed by atoms with Gasteiger partial charge in [-0.05, 0) is 40.7 Å². The molecule has 1 aromatic rings. The third-order valence-corrected chi connectivity index (χ3v) is 3.08. The number of ether oxygens (including phenoxy) is 2. The van der Waals surface area contributed by atoms with Gasteiger partial charge in [-0.1, -0.05) is 12.1 Å². The topological polar surface area (TPSA) is 73.6 Å². The predicted molar refractivity (Wildman–Crippen MR) is 88.4 cm³/mol. The average Bonchev–Trinajstić information content (AvgIpc) is 2.41. The van der Waals surface area contributed by atoms with Gasteiger partial charge in [0.25, 0.3) is 0 Å². The minimum atomic E-state index is -4.57. The molecule has 0 bridgehead atoms. The lowest BCUT2D eigenvalue weighted by Gasteiger charge is -2.23. The van der Waals surface area contributed by atoms with Gasteiger partial charge >= 0.3 is 12.3 Å². The number of para-hydroxylation sites is 1. The molecule has 0 aliphatic heterocycles. The molecule has 0 aromatic heterocycles. The molecule has 2 atom stereocenters. The molecule has 5 nitrogen and oxygen atoms in total. The molecule has 0 saturated carbocycles. The fraction of sp³-hybridized carbons (Fsp3) is 0.588. The molecule has 1 rings (SSSR count). The number of amides is 1. The van der Waals surface area contributed by atoms with Crippen molar-refractivity contribution in [2.24, 2.45) is 5.73 Å². The van der Waals surface area contributed by atoms with Crippen LogP contribution in [0.25, 0.3) is 0 Å². The number of benzene rings is 1. The van der Waals surface area contributed by atoms with Crippen LogP contribution in [0.1, 0.15) is 51.8 Å². The van der Waals surface area contributed by atoms with E-state index in [-0.39, 0.29) is 17.9 Å². The number of nitrogens with one attached hydrogen (secondary N) is 1. The minimum Gasteiger partial charge on any atom is -0.490 e. The Bertz CT molecular complexity index is 596. The molecule has 0 saturated heterocycles. The molecule has 0 aliphatic rings. The van der Waals surface area contributed by atoms with Crippen molar-refractivity contribution >= 4 is 6.09 Å². The van der Waals surface area contributed by atoms with E-state index in [1.807, 2.05) is 0 Å². The second-order valence-corrected chi connectivity index (χ2v) is 6.87. The molecular weight excluding hydrogens is 337 g/mol. The summed E-state index contributed by atoms with van der Waals surface area (Å²) < 4.78 is 50.1. The molecule has 142 valence electrons. The van der Waals surface area contributed by atoms with Crippen LogP contribution in [0, 0.1) is 0 Å². The Morgan fingerprint density at radius 2 is 1.84 bits per heavy atom. The number of hydrogen-bond acceptors (Lipinski definition) is 4. The number of hydrogen-bond donors (Lipinski definition) is 2. The Balaban J connectivity index is 2.87. The summed E-state index contributed by atoms with van der Waals surface area (Å²) in [4.78, 5) is 11.7. The van der Waals surface area contributed by atoms with Gasteiger partial charge < -0.3 is 20.5 Å². The zero-order valence-electron chi connectivity index (χ0n) is 15.0. The maximum Gasteiger partial charge on any atom is 0.419 e. The first-order valence-corrected chi connectivity index (χ1v) is 7.89. The molecule has 0 heterocycles. The highest BCUT2D eigenvalue weighted by Gasteiger charge is 2.36. The molecule has 25 heavy (non-hydrogen) atoms. The summed E-state index contributed by atoms with van der Waals surface area (Å²) in [7, 11) is 0. The van der Waals surface area contributed by atoms with Crippen molar-refractivity contribution in [3.63, 3.8) is 0 Å². The Labute approximate surface area is 145 Å². The van der Waals surface area contributed by atoms with E-state index < -0.39 is 35.5 Å². The molecule has 0 radical (unpaired) electrons. The smallest absolute Gasteiger partial charge is 0.419 e. The maximum atomic E-state index is 13.2. The van der Waals surface area contributed by atoms with Gasteiger partial charge in [-0.3, -0.25) is 0 Å². The largest absolute Gasteiger partial charge is 0.490 e. The number of alkyl carbamates (subject to hydrolysis) is 1. The fourth-order valence-corrected chi connectivity index (χ4v) is 2.06. The third-order valence-electron chi connectivity index (χ3n) is 3.08. The van der Waals surface area contributed by atoms with Gasteiger partial charge in [-0.25, -0.2) is 4.79 Å². The highest BCUT2D eigenvalue weighted by atomic mass is 19.4. The van der Waals surface area contributed by atoms with Gasteiger partial charge in [0, 0.05) is 11.6 Å². The Hall–Kier alpha value is -1.96. The van der Waals surface area contributed by atoms with E-state index in [1.165, 1.54) is 12.1 Å². The normalized spacial score (nSPS) is 14.6. The number of nitrogens with two attached hydrogens (primary N) is 1. The third kappa shape index (κ3) is 6.81. The average molecular weight is 362 g/mol. The van der Waals surface area contributed by atoms with Gasteiger partial charge in [0.1, 0.15) is 18.0 Å². The molecule has 0 fully saturated rings. The lowest BCUT2D eigenvalue weighted by atomic mass is 10.0. The summed E-state index contributed by atoms with van der Waals surface area (Å²) in [6, 6.07) is 2.52. The first-order valence-electron chi connectivity index (χ1n) is 7.89. The molecule has 1 aromatic carbocycles. The van der Waals surface area contributed by atoms with E-state index in [0.717, 1.165) is 6.07 Å². The van der Waals surface area contributed by atoms with Crippen LogP contribution >= 0.6 is 0 Å². The quantitative estimate of drug-likeness (QED) is 0.830. The minimum absolute atomic E-state index is 0.161. The van der Waals surface area contributed by atoms with E-state index in [9.17, 15) is 18.0 Å². The standard InChI is InChI=1S/C17H25F3N2O3/c1-10(22-15(23)25-16(3,4)5)9-24-14-12(11(2)21)7-6-8-13(14)17(18,19)20/h6-8,10-11H,9,21H2,1-5H3,(H,22,23)/t10?,11-/m1/s1. The number of alkyl halides is 3. The maximum absolute atomic E-state index is 13.2. The molecule has 3 N–H and O–H groups in total. The van der Waals surface area contributed by atoms with Crippen molar-refractivity contribution in [3.8, 4) is 5.75 Å². The summed E-state index contributed by atoms with van der Waals surface area (Å²) in [5.74, 6) is -0.317. The van der Waals surface area contributed by atoms with E-state index in [0.29, 0.717) is 0 Å². The molecule has 0 spiro atoms. The first-order chi connectivity index (χ1) is 11.3. The monoisotopic (exact) mass is 362 g/mol. The predicted octanol–water partition coefficient (Wildman–Crippen LogP) is 4.02. The summed E-state index contributed by atoms with van der Waals surface area (Å²) in [5.41, 5.74) is 4.43. The van der Waals surface area contributed by atoms with E-state index in [1.54, 1.807) is 34.6 Å². The lowest BCUT2D eigenvalue weighted by Crippen LogP contribution is -2.40. The highest BCUT2D eigenvalue weighted by Crippen LogP contribution is 2.39. The second kappa shape index (κ2) is 7.95. The number of carbonyl (C=O) groups is 1. The van der Waals surface area contributed by atoms with Crippen molar-refractivity contribution in [2.45, 2.75) is 58.5 Å². The molecule has 1 unspecified atom stereocenters. The van der Waals surface area contributed by atoms with E-state index >= 15 is 0 Å². The van der Waals surface area contributed by atoms with Crippen LogP contribution in [0.3, 0.4) is 0 Å². The van der Waals surface area contributed by atoms with Crippen LogP contribution in [0.2, 0.25) is 0 Å². The zero-order chi connectivity index (χ0) is 19.4. The van der Waals surface area contributed by atoms with Crippen molar-refractivity contribution < 1.29 is 27.4 Å². The molecule has 8 heteroatoms. The van der Waals surface area contributed by atoms with Crippen molar-refractivity contribution in [1.82, 2.24) is 5.32 Å². The van der Waals surface area contributed by atoms with Crippen LogP contribution in [-0.2, 0) is 10.9 Å². The summed E-state index contributed by atoms with van der Waals surface area (Å²) in [6.45, 7) is 8.15. The van der Waals surface area contributed by atoms with Gasteiger partial charge in [0.2, 0.25) is 0 Å². The van der Waals surface area contributed by atoms with E-state index in [4.69, 9.17) is 15.2 Å². The number of carbonyl (C=O) groups excluding carboxylic acids is 1. The summed E-state index contributed by atoms with van der Waals surface area (Å²) >= 11 is 0. The van der Waals surface area contributed by atoms with Gasteiger partial charge in [0.15, 0.2) is 0 Å². The SMILES string of the molecule is CC(COc1c([C@@H](C)N)cccc1C(F)(F)F)NC(=O)OC(C)(C)C. The van der Waals surface area contributed by atoms with Crippen molar-refractivity contribution in [1.29, 1.82) is 0 Å². The number of rotatable bonds is 5. The lowest BCUT2D eigenvalue weighted by molar-refractivity contribution is -0.139. The Kier molecular flexibility index (Phi) is 6.70. The van der Waals surface area contributed by atoms with Gasteiger partial charge in [0.05, 0.1) is 11.6 Å². The molecular formula is C17H25F3N2O3. The Morgan fingerprint density at radius 1 is 1.24 bits per heavy atom. The number of halogens is 3. The fourth-order valence-electron chi connectivity index (χ4n) is 2.06. The van der Waals surface area contributed by atoms with Crippen molar-refractivity contribution in [3.05, 3.63) is 29.3 Å². The first kappa shape index (κ1) is 21.1. The van der Waals surface area contributed by atoms with Crippen LogP contribution in [0.4, 0.5) is 18.0 Å². The Morgan fingerprint density at radius 3 is 2.32 bits per heavy atom. The van der Waals surface area contributed by atoms with E-state index in [2.05, 4.69) is 5.32 Å². The van der Waals surface area contributed by atoms with Crippen molar-refractivity contribution in [2.75, 3.05) is 6.61 Å². The highest BCUT2D eigenvalue weighted by molar-refractivity contribution is 5.68. The summed E-state index contributed by atoms with van der Waals surface area (Å²) in [5, 5.41) is 2.51. The second-order valence-electron chi connectivity index (χ2n) is 6.87. The molecule has 1 amide bonds. The van der Waals surface area contributed by atoms with Crippen LogP contribution in [0.15, 0.2) is 18.2 Å². The van der Waals surface area contributed by atoms with Crippen LogP contribution in [-0.4, -0.2) is 24.3 Å². The van der Waals surface area contributed by atoms with Gasteiger partial charge in [-0.15, -0.1) is 0 Å². The molecule has 0 aliphatic carbocycles. The van der Waals surface area contributed by atoms with Crippen LogP contribution in [0.5, 0.6) is 5.75 Å². The van der Waals surface area contributed by atoms with Gasteiger partial charge in [-0.2, -0.15) is 13.2 Å². The summed E-state index contributed by atoms with van der Waals surface area (Å²) in [6.07, 6.45) is -5.23.